The Bertz CT molecular complexity index is 858. The van der Waals surface area contributed by atoms with Crippen molar-refractivity contribution >= 4 is 23.2 Å². The van der Waals surface area contributed by atoms with Crippen LogP contribution >= 0.6 is 0 Å². The van der Waals surface area contributed by atoms with Crippen molar-refractivity contribution in [1.82, 2.24) is 0 Å². The Balaban J connectivity index is 1.67. The monoisotopic (exact) mass is 324 g/mol. The van der Waals surface area contributed by atoms with Gasteiger partial charge in [0.15, 0.2) is 5.76 Å². The molecule has 0 spiro atoms. The molecule has 3 rings (SSSR count). The van der Waals surface area contributed by atoms with Crippen LogP contribution in [0.5, 0.6) is 0 Å². The summed E-state index contributed by atoms with van der Waals surface area (Å²) in [5.41, 5.74) is 0.964. The molecule has 6 heteroatoms. The molecule has 0 atom stereocenters. The molecule has 0 aliphatic rings. The predicted octanol–water partition coefficient (Wildman–Crippen LogP) is 3.92. The summed E-state index contributed by atoms with van der Waals surface area (Å²) in [6.45, 7) is 0. The number of rotatable bonds is 4. The Kier molecular flexibility index (Phi) is 4.38. The van der Waals surface area contributed by atoms with Gasteiger partial charge in [-0.15, -0.1) is 0 Å². The Labute approximate surface area is 137 Å². The third-order valence-electron chi connectivity index (χ3n) is 3.27. The van der Waals surface area contributed by atoms with E-state index in [1.165, 1.54) is 30.5 Å². The number of hydrogen-bond donors (Lipinski definition) is 2. The van der Waals surface area contributed by atoms with Crippen molar-refractivity contribution in [1.29, 1.82) is 0 Å². The van der Waals surface area contributed by atoms with E-state index >= 15 is 0 Å². The summed E-state index contributed by atoms with van der Waals surface area (Å²) in [6, 6.07) is 15.3. The normalized spacial score (nSPS) is 10.2. The van der Waals surface area contributed by atoms with Crippen LogP contribution in [-0.4, -0.2) is 11.8 Å². The molecule has 2 amide bonds. The summed E-state index contributed by atoms with van der Waals surface area (Å²) in [5.74, 6) is -1.14. The first-order valence-electron chi connectivity index (χ1n) is 7.14. The molecule has 3 aromatic rings. The molecule has 120 valence electrons. The minimum atomic E-state index is -0.506. The first-order chi connectivity index (χ1) is 11.6. The second-order valence-corrected chi connectivity index (χ2v) is 4.94. The van der Waals surface area contributed by atoms with Crippen LogP contribution in [0.3, 0.4) is 0 Å². The number of carbonyl (C=O) groups excluding carboxylic acids is 2. The maximum Gasteiger partial charge on any atom is 0.291 e. The zero-order valence-corrected chi connectivity index (χ0v) is 12.5. The average Bonchev–Trinajstić information content (AvgIpc) is 3.12. The van der Waals surface area contributed by atoms with Gasteiger partial charge in [0.25, 0.3) is 11.8 Å². The second-order valence-electron chi connectivity index (χ2n) is 4.94. The van der Waals surface area contributed by atoms with Crippen LogP contribution in [0.15, 0.2) is 71.3 Å². The fourth-order valence-corrected chi connectivity index (χ4v) is 2.06. The molecule has 2 N–H and O–H groups in total. The predicted molar refractivity (Wildman–Crippen MR) is 87.5 cm³/mol. The summed E-state index contributed by atoms with van der Waals surface area (Å²) in [7, 11) is 0. The van der Waals surface area contributed by atoms with Crippen LogP contribution in [-0.2, 0) is 0 Å². The summed E-state index contributed by atoms with van der Waals surface area (Å²) in [5, 5.41) is 5.14. The maximum atomic E-state index is 13.5. The van der Waals surface area contributed by atoms with E-state index in [-0.39, 0.29) is 17.4 Å². The fourth-order valence-electron chi connectivity index (χ4n) is 2.06. The Morgan fingerprint density at radius 2 is 1.58 bits per heavy atom. The van der Waals surface area contributed by atoms with E-state index in [4.69, 9.17) is 4.42 Å². The van der Waals surface area contributed by atoms with Crippen molar-refractivity contribution < 1.29 is 18.4 Å². The van der Waals surface area contributed by atoms with Crippen LogP contribution in [0.4, 0.5) is 15.8 Å². The van der Waals surface area contributed by atoms with Gasteiger partial charge in [0.1, 0.15) is 5.82 Å². The molecule has 2 aromatic carbocycles. The van der Waals surface area contributed by atoms with Crippen LogP contribution in [0.25, 0.3) is 0 Å². The standard InChI is InChI=1S/C18H13FN2O3/c19-14-4-1-2-5-15(14)21-17(22)12-7-9-13(10-8-12)20-18(23)16-6-3-11-24-16/h1-11H,(H,20,23)(H,21,22). The molecule has 1 aromatic heterocycles. The van der Waals surface area contributed by atoms with Gasteiger partial charge in [-0.2, -0.15) is 0 Å². The van der Waals surface area contributed by atoms with E-state index in [1.807, 2.05) is 0 Å². The van der Waals surface area contributed by atoms with Crippen LogP contribution in [0, 0.1) is 5.82 Å². The van der Waals surface area contributed by atoms with E-state index in [0.29, 0.717) is 11.3 Å². The number of carbonyl (C=O) groups is 2. The highest BCUT2D eigenvalue weighted by molar-refractivity contribution is 6.05. The number of halogens is 1. The Morgan fingerprint density at radius 1 is 0.833 bits per heavy atom. The van der Waals surface area contributed by atoms with Crippen molar-refractivity contribution in [3.05, 3.63) is 84.1 Å². The van der Waals surface area contributed by atoms with Crippen molar-refractivity contribution in [2.45, 2.75) is 0 Å². The van der Waals surface area contributed by atoms with Gasteiger partial charge in [0.05, 0.1) is 12.0 Å². The lowest BCUT2D eigenvalue weighted by atomic mass is 10.2. The highest BCUT2D eigenvalue weighted by atomic mass is 19.1. The lowest BCUT2D eigenvalue weighted by Crippen LogP contribution is -2.14. The van der Waals surface area contributed by atoms with Gasteiger partial charge in [0, 0.05) is 11.3 Å². The molecule has 0 saturated heterocycles. The first kappa shape index (κ1) is 15.5. The number of furan rings is 1. The van der Waals surface area contributed by atoms with Crippen LogP contribution in [0.2, 0.25) is 0 Å². The summed E-state index contributed by atoms with van der Waals surface area (Å²) < 4.78 is 18.5. The van der Waals surface area contributed by atoms with E-state index in [0.717, 1.165) is 0 Å². The topological polar surface area (TPSA) is 71.3 Å². The quantitative estimate of drug-likeness (QED) is 0.764. The Hall–Kier alpha value is -3.41. The van der Waals surface area contributed by atoms with Crippen LogP contribution in [0.1, 0.15) is 20.9 Å². The molecular weight excluding hydrogens is 311 g/mol. The SMILES string of the molecule is O=C(Nc1ccccc1F)c1ccc(NC(=O)c2ccco2)cc1. The number of para-hydroxylation sites is 1. The van der Waals surface area contributed by atoms with Crippen molar-refractivity contribution in [3.63, 3.8) is 0 Å². The van der Waals surface area contributed by atoms with Gasteiger partial charge in [-0.25, -0.2) is 4.39 Å². The second kappa shape index (κ2) is 6.78. The van der Waals surface area contributed by atoms with Gasteiger partial charge in [0.2, 0.25) is 0 Å². The minimum Gasteiger partial charge on any atom is -0.459 e. The summed E-state index contributed by atoms with van der Waals surface area (Å²) in [6.07, 6.45) is 1.41. The van der Waals surface area contributed by atoms with E-state index in [9.17, 15) is 14.0 Å². The third-order valence-corrected chi connectivity index (χ3v) is 3.27. The van der Waals surface area contributed by atoms with Crippen molar-refractivity contribution in [2.75, 3.05) is 10.6 Å². The molecule has 0 saturated carbocycles. The number of amides is 2. The fraction of sp³-hybridized carbons (Fsp3) is 0. The molecule has 0 unspecified atom stereocenters. The first-order valence-corrected chi connectivity index (χ1v) is 7.14. The van der Waals surface area contributed by atoms with Gasteiger partial charge in [-0.05, 0) is 48.5 Å². The lowest BCUT2D eigenvalue weighted by Gasteiger charge is -2.07. The zero-order chi connectivity index (χ0) is 16.9. The van der Waals surface area contributed by atoms with E-state index in [2.05, 4.69) is 10.6 Å². The van der Waals surface area contributed by atoms with Gasteiger partial charge < -0.3 is 15.1 Å². The molecule has 0 aliphatic carbocycles. The maximum absolute atomic E-state index is 13.5. The lowest BCUT2D eigenvalue weighted by molar-refractivity contribution is 0.0995. The highest BCUT2D eigenvalue weighted by Crippen LogP contribution is 2.16. The molecule has 1 heterocycles. The Morgan fingerprint density at radius 3 is 2.25 bits per heavy atom. The molecular formula is C18H13FN2O3. The van der Waals surface area contributed by atoms with Gasteiger partial charge in [-0.3, -0.25) is 9.59 Å². The number of nitrogens with one attached hydrogen (secondary N) is 2. The largest absolute Gasteiger partial charge is 0.459 e. The summed E-state index contributed by atoms with van der Waals surface area (Å²) >= 11 is 0. The molecule has 0 radical (unpaired) electrons. The summed E-state index contributed by atoms with van der Waals surface area (Å²) in [4.78, 5) is 24.0. The molecule has 0 bridgehead atoms. The highest BCUT2D eigenvalue weighted by Gasteiger charge is 2.11. The zero-order valence-electron chi connectivity index (χ0n) is 12.5. The number of benzene rings is 2. The van der Waals surface area contributed by atoms with Crippen LogP contribution < -0.4 is 10.6 Å². The molecule has 24 heavy (non-hydrogen) atoms. The smallest absolute Gasteiger partial charge is 0.291 e. The average molecular weight is 324 g/mol. The number of hydrogen-bond acceptors (Lipinski definition) is 3. The minimum absolute atomic E-state index is 0.109. The molecule has 5 nitrogen and oxygen atoms in total. The van der Waals surface area contributed by atoms with Crippen molar-refractivity contribution in [3.8, 4) is 0 Å². The molecule has 0 aliphatic heterocycles. The third kappa shape index (κ3) is 3.49. The van der Waals surface area contributed by atoms with Gasteiger partial charge in [-0.1, -0.05) is 12.1 Å². The van der Waals surface area contributed by atoms with Gasteiger partial charge >= 0.3 is 0 Å². The number of anilines is 2. The van der Waals surface area contributed by atoms with E-state index in [1.54, 1.807) is 36.4 Å². The molecule has 0 fully saturated rings. The van der Waals surface area contributed by atoms with E-state index < -0.39 is 11.7 Å². The van der Waals surface area contributed by atoms with Crippen molar-refractivity contribution in [2.24, 2.45) is 0 Å².